The molecule has 1 N–H and O–H groups in total. The smallest absolute Gasteiger partial charge is 0 e. The predicted molar refractivity (Wildman–Crippen MR) is 29.8 cm³/mol. The second-order valence-electron chi connectivity index (χ2n) is 0.519. The Hall–Kier alpha value is 2.68. The van der Waals surface area contributed by atoms with Gasteiger partial charge in [0.05, 0.1) is 0 Å². The minimum atomic E-state index is -0.833. The molecule has 0 unspecified atom stereocenters. The molecule has 0 amide bonds. The maximum atomic E-state index is 9.00. The summed E-state index contributed by atoms with van der Waals surface area (Å²) >= 11 is 0. The van der Waals surface area contributed by atoms with Gasteiger partial charge in [0.1, 0.15) is 0 Å². The number of hydrogen-bond donors (Lipinski definition) is 1. The summed E-state index contributed by atoms with van der Waals surface area (Å²) in [5.74, 6) is -0.833. The molecule has 0 fully saturated rings. The zero-order valence-corrected chi connectivity index (χ0v) is 15.8. The van der Waals surface area contributed by atoms with Crippen LogP contribution in [0.25, 0.3) is 0 Å². The van der Waals surface area contributed by atoms with E-state index in [9.17, 15) is 0 Å². The van der Waals surface area contributed by atoms with Gasteiger partial charge in [-0.05, 0) is 0 Å². The molecule has 0 aromatic heterocycles. The van der Waals surface area contributed by atoms with Crippen molar-refractivity contribution in [2.75, 3.05) is 0 Å². The number of rotatable bonds is 0. The molecule has 0 aliphatic carbocycles. The first-order valence-electron chi connectivity index (χ1n) is 0.928. The molecule has 0 aliphatic heterocycles. The zero-order chi connectivity index (χ0) is 3.58. The summed E-state index contributed by atoms with van der Waals surface area (Å²) in [6, 6.07) is 0. The first kappa shape index (κ1) is 22.6. The maximum absolute atomic E-state index is 9.00. The van der Waals surface area contributed by atoms with E-state index < -0.39 is 5.97 Å². The molecule has 0 atom stereocenters. The molecule has 0 saturated carbocycles. The number of aliphatic carboxylic acids is 1. The van der Waals surface area contributed by atoms with E-state index in [-0.39, 0.29) is 101 Å². The average Bonchev–Trinajstić information content (AvgIpc) is 0.811. The topological polar surface area (TPSA) is 37.3 Å². The Morgan fingerprint density at radius 2 is 1.71 bits per heavy atom. The summed E-state index contributed by atoms with van der Waals surface area (Å²) in [5.41, 5.74) is 0. The summed E-state index contributed by atoms with van der Waals surface area (Å²) in [6.07, 6.45) is 0. The maximum Gasteiger partial charge on any atom is 0 e. The predicted octanol–water partition coefficient (Wildman–Crippen LogP) is -0.984. The van der Waals surface area contributed by atoms with Gasteiger partial charge >= 0.3 is 76.2 Å². The van der Waals surface area contributed by atoms with Crippen LogP contribution in [0.2, 0.25) is 0 Å². The molecule has 0 aliphatic rings. The summed E-state index contributed by atoms with van der Waals surface area (Å²) in [6.45, 7) is 1.08. The number of hydrogen-bond acceptors (Lipinski definition) is 1. The number of carboxylic acids is 1. The monoisotopic (exact) mass is 458 g/mol. The van der Waals surface area contributed by atoms with Gasteiger partial charge in [-0.1, -0.05) is 0 Å². The van der Waals surface area contributed by atoms with Gasteiger partial charge < -0.3 is 7.96 Å². The van der Waals surface area contributed by atoms with Crippen molar-refractivity contribution >= 4 is 82.1 Å². The molecular formula is C2H8BaO2PbTi. The molecule has 5 heteroatoms. The van der Waals surface area contributed by atoms with E-state index in [2.05, 4.69) is 0 Å². The van der Waals surface area contributed by atoms with Crippen molar-refractivity contribution in [1.29, 1.82) is 0 Å². The molecule has 38 valence electrons. The Balaban J connectivity index is -0.00000000450. The van der Waals surface area contributed by atoms with Crippen LogP contribution in [-0.4, -0.2) is 87.3 Å². The molecule has 2 radical (unpaired) electrons. The van der Waals surface area contributed by atoms with Crippen molar-refractivity contribution in [1.82, 2.24) is 0 Å². The molecule has 0 spiro atoms. The first-order chi connectivity index (χ1) is 1.73. The Kier molecular flexibility index (Phi) is 51.2. The molecular weight excluding hydrogens is 448 g/mol. The van der Waals surface area contributed by atoms with Gasteiger partial charge in [-0.15, -0.1) is 0 Å². The third-order valence-electron chi connectivity index (χ3n) is 0. The van der Waals surface area contributed by atoms with Crippen molar-refractivity contribution in [3.63, 3.8) is 0 Å². The molecule has 0 heterocycles. The second-order valence-corrected chi connectivity index (χ2v) is 0.519. The van der Waals surface area contributed by atoms with Gasteiger partial charge in [0.15, 0.2) is 0 Å². The molecule has 0 saturated heterocycles. The summed E-state index contributed by atoms with van der Waals surface area (Å²) < 4.78 is 0. The minimum absolute atomic E-state index is 0. The molecule has 0 aromatic carbocycles. The van der Waals surface area contributed by atoms with Gasteiger partial charge in [0.2, 0.25) is 0 Å². The van der Waals surface area contributed by atoms with E-state index in [0.29, 0.717) is 0 Å². The van der Waals surface area contributed by atoms with Gasteiger partial charge in [-0.25, -0.2) is 0 Å². The van der Waals surface area contributed by atoms with Crippen molar-refractivity contribution in [2.24, 2.45) is 0 Å². The van der Waals surface area contributed by atoms with E-state index in [1.54, 1.807) is 0 Å². The van der Waals surface area contributed by atoms with Crippen LogP contribution in [-0.2, 0) is 26.5 Å². The average molecular weight is 456 g/mol. The molecule has 0 bridgehead atoms. The van der Waals surface area contributed by atoms with Crippen molar-refractivity contribution in [3.8, 4) is 0 Å². The normalized spacial score (nSPS) is 3.57. The van der Waals surface area contributed by atoms with E-state index in [1.807, 2.05) is 0 Å². The number of carbonyl (C=O) groups is 1. The number of carboxylic acid groups (broad SMARTS) is 1. The Bertz CT molecular complexity index is 45.5. The van der Waals surface area contributed by atoms with Gasteiger partial charge in [-0.2, -0.15) is 0 Å². The van der Waals surface area contributed by atoms with Crippen LogP contribution in [0, 0.1) is 0 Å². The standard InChI is InChI=1S/C2H4O2.Ba.Pb.Ti.4H/c1-2(3)4;;;;;;;/h1H3,(H,3,4);;;;;;;/q;+2;;;;;2*-1. The Morgan fingerprint density at radius 1 is 1.71 bits per heavy atom. The van der Waals surface area contributed by atoms with Crippen LogP contribution in [0.5, 0.6) is 0 Å². The van der Waals surface area contributed by atoms with Crippen molar-refractivity contribution in [3.05, 3.63) is 0 Å². The fourth-order valence-corrected chi connectivity index (χ4v) is 0. The van der Waals surface area contributed by atoms with Crippen LogP contribution in [0.15, 0.2) is 0 Å². The Labute approximate surface area is 121 Å². The fraction of sp³-hybridized carbons (Fsp3) is 0.500. The first-order valence-corrected chi connectivity index (χ1v) is 0.928. The van der Waals surface area contributed by atoms with Crippen molar-refractivity contribution < 1.29 is 34.5 Å². The Morgan fingerprint density at radius 3 is 1.71 bits per heavy atom. The molecule has 2 nitrogen and oxygen atoms in total. The molecule has 7 heavy (non-hydrogen) atoms. The van der Waals surface area contributed by atoms with Gasteiger partial charge in [0, 0.05) is 28.6 Å². The van der Waals surface area contributed by atoms with Crippen LogP contribution in [0.3, 0.4) is 0 Å². The third-order valence-corrected chi connectivity index (χ3v) is 0. The quantitative estimate of drug-likeness (QED) is 0.476. The van der Waals surface area contributed by atoms with Crippen LogP contribution in [0.1, 0.15) is 9.78 Å². The third kappa shape index (κ3) is 54.0. The van der Waals surface area contributed by atoms with Gasteiger partial charge in [0.25, 0.3) is 5.97 Å². The minimum Gasteiger partial charge on any atom is 0 e. The largest absolute Gasteiger partial charge is 0 e. The van der Waals surface area contributed by atoms with Crippen LogP contribution >= 0.6 is 0 Å². The second kappa shape index (κ2) is 15.9. The molecule has 0 aromatic rings. The van der Waals surface area contributed by atoms with E-state index >= 15 is 0 Å². The van der Waals surface area contributed by atoms with E-state index in [4.69, 9.17) is 9.90 Å². The van der Waals surface area contributed by atoms with E-state index in [0.717, 1.165) is 6.92 Å². The van der Waals surface area contributed by atoms with Crippen LogP contribution in [0.4, 0.5) is 0 Å². The van der Waals surface area contributed by atoms with Crippen molar-refractivity contribution in [2.45, 2.75) is 6.92 Å². The summed E-state index contributed by atoms with van der Waals surface area (Å²) in [4.78, 5) is 9.00. The van der Waals surface area contributed by atoms with Crippen LogP contribution < -0.4 is 0 Å². The molecule has 0 rings (SSSR count). The van der Waals surface area contributed by atoms with E-state index in [1.165, 1.54) is 0 Å². The fourth-order valence-electron chi connectivity index (χ4n) is 0. The summed E-state index contributed by atoms with van der Waals surface area (Å²) in [5, 5.41) is 7.42. The zero-order valence-electron chi connectivity index (χ0n) is 6.27. The summed E-state index contributed by atoms with van der Waals surface area (Å²) in [7, 11) is 0. The van der Waals surface area contributed by atoms with Gasteiger partial charge in [-0.3, -0.25) is 4.79 Å². The SMILES string of the molecule is CC(=O)O.[Ba+2].[H-].[H-].[PbH2].[Ti].